The number of aliphatic hydroxyl groups is 1. The van der Waals surface area contributed by atoms with Crippen LogP contribution in [0, 0.1) is 0 Å². The minimum atomic E-state index is -0.239. The van der Waals surface area contributed by atoms with Gasteiger partial charge >= 0.3 is 0 Å². The maximum atomic E-state index is 9.46. The summed E-state index contributed by atoms with van der Waals surface area (Å²) >= 11 is 0. The molecule has 2 rings (SSSR count). The number of aliphatic hydroxyl groups excluding tert-OH is 1. The highest BCUT2D eigenvalue weighted by molar-refractivity contribution is 5.03. The average molecular weight is 252 g/mol. The third kappa shape index (κ3) is 3.54. The fourth-order valence-electron chi connectivity index (χ4n) is 2.64. The van der Waals surface area contributed by atoms with E-state index in [9.17, 15) is 5.11 Å². The molecule has 0 amide bonds. The quantitative estimate of drug-likeness (QED) is 0.837. The first-order chi connectivity index (χ1) is 8.54. The number of piperazine rings is 1. The lowest BCUT2D eigenvalue weighted by Crippen LogP contribution is -2.53. The summed E-state index contributed by atoms with van der Waals surface area (Å²) in [5.74, 6) is 0. The Morgan fingerprint density at radius 2 is 2.28 bits per heavy atom. The van der Waals surface area contributed by atoms with Crippen molar-refractivity contribution in [2.45, 2.75) is 32.5 Å². The number of rotatable bonds is 4. The highest BCUT2D eigenvalue weighted by atomic mass is 16.3. The first kappa shape index (κ1) is 13.5. The number of aryl methyl sites for hydroxylation is 1. The Labute approximate surface area is 109 Å². The van der Waals surface area contributed by atoms with Crippen LogP contribution in [0.5, 0.6) is 0 Å². The van der Waals surface area contributed by atoms with Crippen LogP contribution in [0.2, 0.25) is 0 Å². The molecule has 1 aromatic heterocycles. The van der Waals surface area contributed by atoms with E-state index in [0.29, 0.717) is 6.04 Å². The van der Waals surface area contributed by atoms with Crippen molar-refractivity contribution in [3.8, 4) is 0 Å². The van der Waals surface area contributed by atoms with Gasteiger partial charge in [-0.3, -0.25) is 14.5 Å². The van der Waals surface area contributed by atoms with E-state index < -0.39 is 0 Å². The smallest absolute Gasteiger partial charge is 0.0639 e. The van der Waals surface area contributed by atoms with Crippen molar-refractivity contribution in [1.29, 1.82) is 0 Å². The highest BCUT2D eigenvalue weighted by Crippen LogP contribution is 2.13. The summed E-state index contributed by atoms with van der Waals surface area (Å²) in [5, 5.41) is 13.7. The minimum absolute atomic E-state index is 0.239. The molecule has 0 saturated carbocycles. The normalized spacial score (nSPS) is 24.3. The summed E-state index contributed by atoms with van der Waals surface area (Å²) in [6.45, 7) is 9.00. The molecule has 1 N–H and O–H groups in total. The van der Waals surface area contributed by atoms with E-state index in [4.69, 9.17) is 0 Å². The molecule has 2 unspecified atom stereocenters. The van der Waals surface area contributed by atoms with Crippen molar-refractivity contribution in [3.63, 3.8) is 0 Å². The Bertz CT molecular complexity index is 377. The monoisotopic (exact) mass is 252 g/mol. The molecule has 0 radical (unpaired) electrons. The van der Waals surface area contributed by atoms with Gasteiger partial charge in [0.25, 0.3) is 0 Å². The van der Waals surface area contributed by atoms with E-state index in [1.54, 1.807) is 0 Å². The van der Waals surface area contributed by atoms with Crippen LogP contribution >= 0.6 is 0 Å². The molecule has 0 spiro atoms. The maximum absolute atomic E-state index is 9.46. The average Bonchev–Trinajstić information content (AvgIpc) is 2.68. The van der Waals surface area contributed by atoms with Crippen LogP contribution in [-0.4, -0.2) is 63.0 Å². The Morgan fingerprint density at radius 3 is 2.83 bits per heavy atom. The second kappa shape index (κ2) is 5.82. The summed E-state index contributed by atoms with van der Waals surface area (Å²) in [6, 6.07) is 0.505. The molecule has 5 nitrogen and oxygen atoms in total. The first-order valence-corrected chi connectivity index (χ1v) is 6.66. The predicted octanol–water partition coefficient (Wildman–Crippen LogP) is 0.307. The summed E-state index contributed by atoms with van der Waals surface area (Å²) in [7, 11) is 1.95. The highest BCUT2D eigenvalue weighted by Gasteiger charge is 2.24. The van der Waals surface area contributed by atoms with Gasteiger partial charge in [0.05, 0.1) is 12.3 Å². The fourth-order valence-corrected chi connectivity index (χ4v) is 2.64. The minimum Gasteiger partial charge on any atom is -0.392 e. The molecular formula is C13H24N4O. The molecule has 2 heterocycles. The number of aromatic nitrogens is 2. The van der Waals surface area contributed by atoms with Gasteiger partial charge in [-0.25, -0.2) is 0 Å². The molecule has 0 aromatic carbocycles. The van der Waals surface area contributed by atoms with Crippen LogP contribution in [0.15, 0.2) is 12.4 Å². The lowest BCUT2D eigenvalue weighted by Gasteiger charge is -2.40. The van der Waals surface area contributed by atoms with Crippen LogP contribution in [0.1, 0.15) is 19.4 Å². The SMILES string of the molecule is CC(O)CN1CCN(Cc2cnn(C)c2)CC1C. The Hall–Kier alpha value is -0.910. The summed E-state index contributed by atoms with van der Waals surface area (Å²) in [6.07, 6.45) is 3.77. The van der Waals surface area contributed by atoms with Crippen molar-refractivity contribution in [3.05, 3.63) is 18.0 Å². The lowest BCUT2D eigenvalue weighted by molar-refractivity contribution is 0.0423. The third-order valence-corrected chi connectivity index (χ3v) is 3.51. The zero-order chi connectivity index (χ0) is 13.1. The molecule has 1 fully saturated rings. The zero-order valence-corrected chi connectivity index (χ0v) is 11.6. The number of β-amino-alcohol motifs (C(OH)–C–C–N with tert-alkyl or cyclic N) is 1. The van der Waals surface area contributed by atoms with E-state index in [1.807, 2.05) is 24.9 Å². The molecule has 0 aliphatic carbocycles. The summed E-state index contributed by atoms with van der Waals surface area (Å²) in [4.78, 5) is 4.82. The maximum Gasteiger partial charge on any atom is 0.0639 e. The van der Waals surface area contributed by atoms with Gasteiger partial charge in [-0.15, -0.1) is 0 Å². The Kier molecular flexibility index (Phi) is 4.37. The van der Waals surface area contributed by atoms with Gasteiger partial charge in [-0.1, -0.05) is 0 Å². The molecule has 102 valence electrons. The number of nitrogens with zero attached hydrogens (tertiary/aromatic N) is 4. The summed E-state index contributed by atoms with van der Waals surface area (Å²) in [5.41, 5.74) is 1.27. The molecule has 1 aliphatic rings. The van der Waals surface area contributed by atoms with Gasteiger partial charge < -0.3 is 5.11 Å². The van der Waals surface area contributed by atoms with Crippen LogP contribution in [-0.2, 0) is 13.6 Å². The van der Waals surface area contributed by atoms with Gasteiger partial charge in [0.2, 0.25) is 0 Å². The molecule has 1 aromatic rings. The van der Waals surface area contributed by atoms with Crippen LogP contribution in [0.4, 0.5) is 0 Å². The molecular weight excluding hydrogens is 228 g/mol. The molecule has 0 bridgehead atoms. The summed E-state index contributed by atoms with van der Waals surface area (Å²) < 4.78 is 1.85. The second-order valence-corrected chi connectivity index (χ2v) is 5.45. The number of hydrogen-bond acceptors (Lipinski definition) is 4. The topological polar surface area (TPSA) is 44.5 Å². The largest absolute Gasteiger partial charge is 0.392 e. The van der Waals surface area contributed by atoms with Crippen molar-refractivity contribution >= 4 is 0 Å². The van der Waals surface area contributed by atoms with Crippen LogP contribution < -0.4 is 0 Å². The lowest BCUT2D eigenvalue weighted by atomic mass is 10.1. The molecule has 2 atom stereocenters. The zero-order valence-electron chi connectivity index (χ0n) is 11.6. The van der Waals surface area contributed by atoms with Crippen molar-refractivity contribution in [2.75, 3.05) is 26.2 Å². The van der Waals surface area contributed by atoms with E-state index in [1.165, 1.54) is 5.56 Å². The van der Waals surface area contributed by atoms with Gasteiger partial charge in [0.15, 0.2) is 0 Å². The number of hydrogen-bond donors (Lipinski definition) is 1. The van der Waals surface area contributed by atoms with E-state index in [-0.39, 0.29) is 6.10 Å². The van der Waals surface area contributed by atoms with Gasteiger partial charge in [-0.2, -0.15) is 5.10 Å². The van der Waals surface area contributed by atoms with Gasteiger partial charge in [0, 0.05) is 57.6 Å². The van der Waals surface area contributed by atoms with Gasteiger partial charge in [0.1, 0.15) is 0 Å². The van der Waals surface area contributed by atoms with Gasteiger partial charge in [-0.05, 0) is 13.8 Å². The molecule has 1 saturated heterocycles. The Balaban J connectivity index is 1.84. The van der Waals surface area contributed by atoms with Crippen LogP contribution in [0.3, 0.4) is 0 Å². The first-order valence-electron chi connectivity index (χ1n) is 6.66. The van der Waals surface area contributed by atoms with Crippen molar-refractivity contribution in [1.82, 2.24) is 19.6 Å². The second-order valence-electron chi connectivity index (χ2n) is 5.45. The van der Waals surface area contributed by atoms with E-state index >= 15 is 0 Å². The molecule has 18 heavy (non-hydrogen) atoms. The fraction of sp³-hybridized carbons (Fsp3) is 0.769. The van der Waals surface area contributed by atoms with Crippen molar-refractivity contribution in [2.24, 2.45) is 7.05 Å². The van der Waals surface area contributed by atoms with E-state index in [0.717, 1.165) is 32.7 Å². The molecule has 1 aliphatic heterocycles. The third-order valence-electron chi connectivity index (χ3n) is 3.51. The van der Waals surface area contributed by atoms with E-state index in [2.05, 4.69) is 28.0 Å². The Morgan fingerprint density at radius 1 is 1.50 bits per heavy atom. The van der Waals surface area contributed by atoms with Crippen molar-refractivity contribution < 1.29 is 5.11 Å². The standard InChI is InChI=1S/C13H24N4O/c1-11-7-16(4-5-17(11)8-12(2)18)10-13-6-14-15(3)9-13/h6,9,11-12,18H,4-5,7-8,10H2,1-3H3. The van der Waals surface area contributed by atoms with Crippen LogP contribution in [0.25, 0.3) is 0 Å². The predicted molar refractivity (Wildman–Crippen MR) is 71.2 cm³/mol. The molecule has 5 heteroatoms.